The van der Waals surface area contributed by atoms with E-state index in [2.05, 4.69) is 47.8 Å². The summed E-state index contributed by atoms with van der Waals surface area (Å²) in [4.78, 5) is 11.4. The molecule has 0 radical (unpaired) electrons. The van der Waals surface area contributed by atoms with Crippen molar-refractivity contribution in [3.8, 4) is 0 Å². The van der Waals surface area contributed by atoms with Gasteiger partial charge < -0.3 is 5.11 Å². The van der Waals surface area contributed by atoms with Gasteiger partial charge in [-0.05, 0) is 44.4 Å². The second kappa shape index (κ2) is 3.96. The van der Waals surface area contributed by atoms with Crippen LogP contribution in [0, 0.1) is 0 Å². The van der Waals surface area contributed by atoms with E-state index in [0.29, 0.717) is 19.9 Å². The molecule has 0 saturated carbocycles. The molecular weight excluding hydrogens is 368 g/mol. The van der Waals surface area contributed by atoms with Crippen molar-refractivity contribution in [2.24, 2.45) is 0 Å². The van der Waals surface area contributed by atoms with E-state index in [1.807, 2.05) is 6.92 Å². The highest BCUT2D eigenvalue weighted by molar-refractivity contribution is 9.14. The molecule has 72 valence electrons. The zero-order chi connectivity index (χ0) is 10.2. The molecular formula is C8H7Br3O2. The molecule has 0 aromatic carbocycles. The van der Waals surface area contributed by atoms with E-state index in [-0.39, 0.29) is 5.78 Å². The van der Waals surface area contributed by atoms with Crippen molar-refractivity contribution < 1.29 is 9.90 Å². The second-order valence-electron chi connectivity index (χ2n) is 2.73. The lowest BCUT2D eigenvalue weighted by Gasteiger charge is -2.27. The minimum absolute atomic E-state index is 0.162. The van der Waals surface area contributed by atoms with Gasteiger partial charge in [0.05, 0.1) is 8.96 Å². The number of halogens is 3. The van der Waals surface area contributed by atoms with Crippen molar-refractivity contribution in [1.82, 2.24) is 0 Å². The summed E-state index contributed by atoms with van der Waals surface area (Å²) in [7, 11) is 0. The highest BCUT2D eigenvalue weighted by Gasteiger charge is 2.35. The number of hydrogen-bond donors (Lipinski definition) is 1. The first-order chi connectivity index (χ1) is 5.92. The first-order valence-corrected chi connectivity index (χ1v) is 6.01. The number of rotatable bonds is 1. The van der Waals surface area contributed by atoms with Crippen LogP contribution in [0.15, 0.2) is 19.5 Å². The molecule has 0 heterocycles. The highest BCUT2D eigenvalue weighted by atomic mass is 79.9. The quantitative estimate of drug-likeness (QED) is 0.766. The molecule has 0 aromatic rings. The Morgan fingerprint density at radius 1 is 1.46 bits per heavy atom. The molecule has 2 nitrogen and oxygen atoms in total. The normalized spacial score (nSPS) is 29.3. The van der Waals surface area contributed by atoms with Crippen molar-refractivity contribution in [3.05, 3.63) is 19.5 Å². The third-order valence-corrected chi connectivity index (χ3v) is 4.85. The van der Waals surface area contributed by atoms with Crippen LogP contribution in [0.3, 0.4) is 0 Å². The molecule has 13 heavy (non-hydrogen) atoms. The largest absolute Gasteiger partial charge is 0.380 e. The van der Waals surface area contributed by atoms with Gasteiger partial charge in [0.2, 0.25) is 5.78 Å². The third kappa shape index (κ3) is 1.98. The highest BCUT2D eigenvalue weighted by Crippen LogP contribution is 2.40. The second-order valence-corrected chi connectivity index (χ2v) is 5.17. The molecule has 1 aliphatic carbocycles. The molecule has 0 fully saturated rings. The zero-order valence-electron chi connectivity index (χ0n) is 6.77. The van der Waals surface area contributed by atoms with Crippen molar-refractivity contribution in [2.75, 3.05) is 0 Å². The Balaban J connectivity index is 3.24. The lowest BCUT2D eigenvalue weighted by molar-refractivity contribution is -0.111. The maximum absolute atomic E-state index is 11.4. The standard InChI is InChI=1S/C8H7Br3O2/c1-2-8(13)3-4(9)6(12)5(10)7(8)11/h3,13H,2H2,1H3. The maximum atomic E-state index is 11.4. The third-order valence-electron chi connectivity index (χ3n) is 1.89. The Morgan fingerprint density at radius 2 is 2.00 bits per heavy atom. The number of Topliss-reactive ketones (excluding diaryl/α,β-unsaturated/α-hetero) is 1. The van der Waals surface area contributed by atoms with Crippen LogP contribution in [-0.4, -0.2) is 16.5 Å². The zero-order valence-corrected chi connectivity index (χ0v) is 11.5. The lowest BCUT2D eigenvalue weighted by Crippen LogP contribution is -2.30. The van der Waals surface area contributed by atoms with Crippen LogP contribution in [-0.2, 0) is 4.79 Å². The Bertz CT molecular complexity index is 319. The molecule has 1 unspecified atom stereocenters. The van der Waals surface area contributed by atoms with Gasteiger partial charge >= 0.3 is 0 Å². The van der Waals surface area contributed by atoms with E-state index in [1.54, 1.807) is 0 Å². The molecule has 0 aromatic heterocycles. The van der Waals surface area contributed by atoms with Crippen LogP contribution in [0.5, 0.6) is 0 Å². The summed E-state index contributed by atoms with van der Waals surface area (Å²) >= 11 is 9.43. The Hall–Kier alpha value is 0.550. The average Bonchev–Trinajstić information content (AvgIpc) is 2.12. The molecule has 0 bridgehead atoms. The van der Waals surface area contributed by atoms with Gasteiger partial charge in [0.25, 0.3) is 0 Å². The van der Waals surface area contributed by atoms with Gasteiger partial charge in [0.15, 0.2) is 0 Å². The fourth-order valence-corrected chi connectivity index (χ4v) is 2.97. The van der Waals surface area contributed by atoms with Gasteiger partial charge in [-0.2, -0.15) is 0 Å². The average molecular weight is 375 g/mol. The number of carbonyl (C=O) groups excluding carboxylic acids is 1. The predicted octanol–water partition coefficient (Wildman–Crippen LogP) is 2.99. The van der Waals surface area contributed by atoms with Gasteiger partial charge in [0.1, 0.15) is 5.60 Å². The molecule has 1 aliphatic rings. The van der Waals surface area contributed by atoms with Crippen LogP contribution in [0.4, 0.5) is 0 Å². The Morgan fingerprint density at radius 3 is 2.46 bits per heavy atom. The van der Waals surface area contributed by atoms with Crippen LogP contribution in [0.2, 0.25) is 0 Å². The van der Waals surface area contributed by atoms with Crippen LogP contribution in [0.25, 0.3) is 0 Å². The van der Waals surface area contributed by atoms with E-state index >= 15 is 0 Å². The molecule has 1 atom stereocenters. The fraction of sp³-hybridized carbons (Fsp3) is 0.375. The topological polar surface area (TPSA) is 37.3 Å². The van der Waals surface area contributed by atoms with E-state index in [9.17, 15) is 9.90 Å². The van der Waals surface area contributed by atoms with E-state index in [1.165, 1.54) is 6.08 Å². The molecule has 0 saturated heterocycles. The smallest absolute Gasteiger partial charge is 0.207 e. The summed E-state index contributed by atoms with van der Waals surface area (Å²) in [6.07, 6.45) is 2.01. The van der Waals surface area contributed by atoms with E-state index in [4.69, 9.17) is 0 Å². The fourth-order valence-electron chi connectivity index (χ4n) is 0.990. The minimum atomic E-state index is -1.08. The van der Waals surface area contributed by atoms with Crippen molar-refractivity contribution in [1.29, 1.82) is 0 Å². The maximum Gasteiger partial charge on any atom is 0.207 e. The Kier molecular flexibility index (Phi) is 3.54. The van der Waals surface area contributed by atoms with Crippen molar-refractivity contribution in [3.63, 3.8) is 0 Å². The van der Waals surface area contributed by atoms with Crippen LogP contribution < -0.4 is 0 Å². The summed E-state index contributed by atoms with van der Waals surface area (Å²) in [6.45, 7) is 1.84. The van der Waals surface area contributed by atoms with Crippen molar-refractivity contribution in [2.45, 2.75) is 18.9 Å². The molecule has 1 N–H and O–H groups in total. The van der Waals surface area contributed by atoms with Crippen molar-refractivity contribution >= 4 is 53.6 Å². The minimum Gasteiger partial charge on any atom is -0.380 e. The van der Waals surface area contributed by atoms with Gasteiger partial charge in [0, 0.05) is 4.48 Å². The number of hydrogen-bond acceptors (Lipinski definition) is 2. The van der Waals surface area contributed by atoms with E-state index in [0.717, 1.165) is 0 Å². The van der Waals surface area contributed by atoms with E-state index < -0.39 is 5.60 Å². The predicted molar refractivity (Wildman–Crippen MR) is 62.1 cm³/mol. The number of aliphatic hydroxyl groups is 1. The summed E-state index contributed by atoms with van der Waals surface area (Å²) in [5.74, 6) is -0.162. The first-order valence-electron chi connectivity index (χ1n) is 3.63. The van der Waals surface area contributed by atoms with Gasteiger partial charge in [-0.1, -0.05) is 22.9 Å². The molecule has 0 spiro atoms. The monoisotopic (exact) mass is 372 g/mol. The lowest BCUT2D eigenvalue weighted by atomic mass is 9.95. The van der Waals surface area contributed by atoms with Gasteiger partial charge in [-0.15, -0.1) is 0 Å². The van der Waals surface area contributed by atoms with Gasteiger partial charge in [-0.3, -0.25) is 4.79 Å². The summed E-state index contributed by atoms with van der Waals surface area (Å²) in [5, 5.41) is 10.0. The molecule has 0 amide bonds. The first kappa shape index (κ1) is 11.6. The molecule has 0 aliphatic heterocycles. The SMILES string of the molecule is CCC1(O)C=C(Br)C(=O)C(Br)=C1Br. The van der Waals surface area contributed by atoms with Crippen LogP contribution in [0.1, 0.15) is 13.3 Å². The number of ketones is 1. The summed E-state index contributed by atoms with van der Waals surface area (Å²) in [6, 6.07) is 0. The summed E-state index contributed by atoms with van der Waals surface area (Å²) < 4.78 is 1.23. The summed E-state index contributed by atoms with van der Waals surface area (Å²) in [5.41, 5.74) is -1.08. The number of carbonyl (C=O) groups is 1. The molecule has 5 heteroatoms. The number of allylic oxidation sites excluding steroid dienone is 2. The van der Waals surface area contributed by atoms with Gasteiger partial charge in [-0.25, -0.2) is 0 Å². The van der Waals surface area contributed by atoms with Crippen LogP contribution >= 0.6 is 47.8 Å². The molecule has 1 rings (SSSR count). The Labute approximate surface area is 101 Å².